The van der Waals surface area contributed by atoms with E-state index in [4.69, 9.17) is 0 Å². The Hall–Kier alpha value is -3.66. The number of rotatable bonds is 11. The molecule has 210 valence electrons. The highest BCUT2D eigenvalue weighted by atomic mass is 32.2. The van der Waals surface area contributed by atoms with E-state index in [9.17, 15) is 8.60 Å². The molecule has 3 aromatic rings. The van der Waals surface area contributed by atoms with Gasteiger partial charge in [0.15, 0.2) is 0 Å². The lowest BCUT2D eigenvalue weighted by Crippen LogP contribution is -2.42. The van der Waals surface area contributed by atoms with Crippen LogP contribution in [0.15, 0.2) is 87.4 Å². The van der Waals surface area contributed by atoms with E-state index in [1.165, 1.54) is 6.07 Å². The Morgan fingerprint density at radius 3 is 2.73 bits per heavy atom. The standard InChI is InChI=1S/C31H37FN6OS/c1-23-19-27(12-15-30(23)32)37-31(33-3)16-17-35-26-10-13-29(14-11-26)40(4,39)38-18-6-8-25(22-38)20-34-21-28-9-5-7-24(2)36-28/h5,7,9-17,19,25,34,37H,3-4,6,8,18,20-22H2,1-2H3/b31-16+,35-17?. The summed E-state index contributed by atoms with van der Waals surface area (Å²) in [5, 5.41) is 6.60. The zero-order chi connectivity index (χ0) is 28.5. The van der Waals surface area contributed by atoms with Crippen LogP contribution in [-0.2, 0) is 16.3 Å². The molecule has 1 aliphatic heterocycles. The van der Waals surface area contributed by atoms with Gasteiger partial charge in [-0.15, -0.1) is 0 Å². The number of piperidine rings is 1. The molecule has 0 amide bonds. The summed E-state index contributed by atoms with van der Waals surface area (Å²) in [6.45, 7) is 10.3. The lowest BCUT2D eigenvalue weighted by molar-refractivity contribution is 0.268. The number of aliphatic imine (C=N–C) groups is 2. The first-order valence-corrected chi connectivity index (χ1v) is 15.0. The first kappa shape index (κ1) is 29.3. The summed E-state index contributed by atoms with van der Waals surface area (Å²) < 4.78 is 29.3. The number of halogens is 1. The molecule has 0 spiro atoms. The molecule has 0 bridgehead atoms. The first-order valence-electron chi connectivity index (χ1n) is 13.3. The third-order valence-corrected chi connectivity index (χ3v) is 9.02. The summed E-state index contributed by atoms with van der Waals surface area (Å²) in [5.74, 6) is 4.76. The molecule has 4 rings (SSSR count). The maximum absolute atomic E-state index is 13.8. The Kier molecular flexibility index (Phi) is 9.98. The van der Waals surface area contributed by atoms with E-state index in [-0.39, 0.29) is 5.82 Å². The number of hydrogen-bond donors (Lipinski definition) is 2. The zero-order valence-electron chi connectivity index (χ0n) is 23.1. The van der Waals surface area contributed by atoms with Gasteiger partial charge in [0.25, 0.3) is 0 Å². The summed E-state index contributed by atoms with van der Waals surface area (Å²) in [6.07, 6.45) is 5.37. The third-order valence-electron chi connectivity index (χ3n) is 6.85. The topological polar surface area (TPSA) is 82.0 Å². The molecule has 1 saturated heterocycles. The second-order valence-corrected chi connectivity index (χ2v) is 12.3. The van der Waals surface area contributed by atoms with Gasteiger partial charge in [0, 0.05) is 42.1 Å². The summed E-state index contributed by atoms with van der Waals surface area (Å²) in [7, 11) is -2.60. The second-order valence-electron chi connectivity index (χ2n) is 10.0. The van der Waals surface area contributed by atoms with Gasteiger partial charge in [0.05, 0.1) is 21.1 Å². The molecule has 2 N–H and O–H groups in total. The van der Waals surface area contributed by atoms with E-state index in [0.717, 1.165) is 50.4 Å². The van der Waals surface area contributed by atoms with E-state index >= 15 is 0 Å². The molecule has 7 nitrogen and oxygen atoms in total. The largest absolute Gasteiger partial charge is 0.340 e. The van der Waals surface area contributed by atoms with Crippen LogP contribution < -0.4 is 10.6 Å². The van der Waals surface area contributed by atoms with Gasteiger partial charge in [-0.05, 0) is 118 Å². The fourth-order valence-corrected chi connectivity index (χ4v) is 6.39. The van der Waals surface area contributed by atoms with E-state index < -0.39 is 9.71 Å². The SMILES string of the molecule is C=N/C(=C\C=Nc1ccc(S(=C)(=O)N2CCCC(CNCc3cccc(C)n3)C2)cc1)Nc1ccc(F)c(C)c1. The van der Waals surface area contributed by atoms with Crippen molar-refractivity contribution in [2.24, 2.45) is 15.9 Å². The molecule has 2 atom stereocenters. The lowest BCUT2D eigenvalue weighted by atomic mass is 10.00. The van der Waals surface area contributed by atoms with Crippen LogP contribution in [0.5, 0.6) is 0 Å². The van der Waals surface area contributed by atoms with Crippen LogP contribution >= 0.6 is 0 Å². The Labute approximate surface area is 237 Å². The van der Waals surface area contributed by atoms with Crippen LogP contribution in [-0.4, -0.2) is 51.9 Å². The molecule has 0 saturated carbocycles. The van der Waals surface area contributed by atoms with Gasteiger partial charge in [0.1, 0.15) is 11.6 Å². The lowest BCUT2D eigenvalue weighted by Gasteiger charge is -2.35. The predicted octanol–water partition coefficient (Wildman–Crippen LogP) is 5.69. The van der Waals surface area contributed by atoms with Gasteiger partial charge in [-0.2, -0.15) is 0 Å². The molecular formula is C31H37FN6OS. The van der Waals surface area contributed by atoms with Crippen molar-refractivity contribution in [1.82, 2.24) is 14.6 Å². The maximum Gasteiger partial charge on any atom is 0.131 e. The molecule has 40 heavy (non-hydrogen) atoms. The Morgan fingerprint density at radius 2 is 2.00 bits per heavy atom. The molecule has 1 fully saturated rings. The average molecular weight is 561 g/mol. The maximum atomic E-state index is 13.8. The zero-order valence-corrected chi connectivity index (χ0v) is 24.0. The number of aryl methyl sites for hydroxylation is 2. The van der Waals surface area contributed by atoms with Crippen LogP contribution in [0.2, 0.25) is 0 Å². The molecule has 2 heterocycles. The average Bonchev–Trinajstić information content (AvgIpc) is 2.95. The summed E-state index contributed by atoms with van der Waals surface area (Å²) >= 11 is 0. The predicted molar refractivity (Wildman–Crippen MR) is 165 cm³/mol. The summed E-state index contributed by atoms with van der Waals surface area (Å²) in [4.78, 5) is 13.7. The number of anilines is 1. The van der Waals surface area contributed by atoms with Gasteiger partial charge in [0.2, 0.25) is 0 Å². The Balaban J connectivity index is 1.33. The monoisotopic (exact) mass is 560 g/mol. The van der Waals surface area contributed by atoms with Crippen molar-refractivity contribution < 1.29 is 8.60 Å². The highest BCUT2D eigenvalue weighted by Gasteiger charge is 2.26. The quantitative estimate of drug-likeness (QED) is 0.233. The number of benzene rings is 2. The number of pyridine rings is 1. The number of nitrogens with one attached hydrogen (secondary N) is 2. The first-order chi connectivity index (χ1) is 19.2. The molecule has 1 aliphatic rings. The number of hydrogen-bond acceptors (Lipinski definition) is 6. The normalized spacial score (nSPS) is 18.0. The minimum atomic E-state index is -2.60. The number of allylic oxidation sites excluding steroid dienone is 1. The number of nitrogens with zero attached hydrogens (tertiary/aromatic N) is 4. The minimum absolute atomic E-state index is 0.261. The van der Waals surface area contributed by atoms with Crippen molar-refractivity contribution in [3.05, 3.63) is 95.3 Å². The van der Waals surface area contributed by atoms with E-state index in [1.807, 2.05) is 53.7 Å². The minimum Gasteiger partial charge on any atom is -0.340 e. The van der Waals surface area contributed by atoms with Gasteiger partial charge < -0.3 is 10.6 Å². The third kappa shape index (κ3) is 7.94. The van der Waals surface area contributed by atoms with Crippen molar-refractivity contribution in [1.29, 1.82) is 0 Å². The van der Waals surface area contributed by atoms with Crippen LogP contribution in [0.3, 0.4) is 0 Å². The van der Waals surface area contributed by atoms with Crippen molar-refractivity contribution in [3.63, 3.8) is 0 Å². The molecule has 2 aromatic carbocycles. The molecular weight excluding hydrogens is 523 g/mol. The van der Waals surface area contributed by atoms with E-state index in [0.29, 0.717) is 33.6 Å². The smallest absolute Gasteiger partial charge is 0.131 e. The fraction of sp³-hybridized carbons (Fsp3) is 0.290. The summed E-state index contributed by atoms with van der Waals surface area (Å²) in [5.41, 5.74) is 4.00. The van der Waals surface area contributed by atoms with Gasteiger partial charge >= 0.3 is 0 Å². The second kappa shape index (κ2) is 13.6. The highest BCUT2D eigenvalue weighted by Crippen LogP contribution is 2.25. The van der Waals surface area contributed by atoms with Crippen LogP contribution in [0.25, 0.3) is 0 Å². The van der Waals surface area contributed by atoms with Crippen molar-refractivity contribution >= 4 is 39.9 Å². The van der Waals surface area contributed by atoms with Crippen LogP contribution in [0, 0.1) is 25.6 Å². The molecule has 9 heteroatoms. The molecule has 0 aliphatic carbocycles. The van der Waals surface area contributed by atoms with E-state index in [2.05, 4.69) is 38.2 Å². The van der Waals surface area contributed by atoms with Crippen molar-refractivity contribution in [2.75, 3.05) is 25.0 Å². The van der Waals surface area contributed by atoms with Crippen LogP contribution in [0.1, 0.15) is 29.8 Å². The van der Waals surface area contributed by atoms with Gasteiger partial charge in [-0.1, -0.05) is 6.07 Å². The van der Waals surface area contributed by atoms with Gasteiger partial charge in [-0.3, -0.25) is 9.98 Å². The Morgan fingerprint density at radius 1 is 1.20 bits per heavy atom. The molecule has 0 radical (unpaired) electrons. The fourth-order valence-electron chi connectivity index (χ4n) is 4.66. The van der Waals surface area contributed by atoms with Crippen LogP contribution in [0.4, 0.5) is 15.8 Å². The number of aromatic nitrogens is 1. The van der Waals surface area contributed by atoms with Crippen molar-refractivity contribution in [2.45, 2.75) is 38.1 Å². The highest BCUT2D eigenvalue weighted by molar-refractivity contribution is 7.98. The van der Waals surface area contributed by atoms with E-state index in [1.54, 1.807) is 31.3 Å². The summed E-state index contributed by atoms with van der Waals surface area (Å²) in [6, 6.07) is 18.1. The Bertz CT molecular complexity index is 1480. The molecule has 1 aromatic heterocycles. The van der Waals surface area contributed by atoms with Gasteiger partial charge in [-0.25, -0.2) is 17.9 Å². The molecule has 2 unspecified atom stereocenters. The van der Waals surface area contributed by atoms with Crippen molar-refractivity contribution in [3.8, 4) is 0 Å².